The molecule has 19 heavy (non-hydrogen) atoms. The van der Waals surface area contributed by atoms with Crippen LogP contribution in [0.5, 0.6) is 0 Å². The van der Waals surface area contributed by atoms with Crippen molar-refractivity contribution in [1.82, 2.24) is 14.3 Å². The summed E-state index contributed by atoms with van der Waals surface area (Å²) < 4.78 is 27.1. The minimum Gasteiger partial charge on any atom is -0.330 e. The van der Waals surface area contributed by atoms with Gasteiger partial charge in [0.2, 0.25) is 0 Å². The molecule has 108 valence electrons. The maximum absolute atomic E-state index is 12.4. The summed E-state index contributed by atoms with van der Waals surface area (Å²) in [6, 6.07) is 1.31. The van der Waals surface area contributed by atoms with E-state index in [0.29, 0.717) is 0 Å². The molecule has 0 spiro atoms. The van der Waals surface area contributed by atoms with Gasteiger partial charge in [0.15, 0.2) is 0 Å². The Morgan fingerprint density at radius 3 is 1.95 bits per heavy atom. The fourth-order valence-electron chi connectivity index (χ4n) is 1.56. The third-order valence-electron chi connectivity index (χ3n) is 2.78. The van der Waals surface area contributed by atoms with Gasteiger partial charge >= 0.3 is 7.52 Å². The first kappa shape index (κ1) is 16.5. The van der Waals surface area contributed by atoms with Gasteiger partial charge in [-0.3, -0.25) is 14.1 Å². The van der Waals surface area contributed by atoms with E-state index in [4.69, 9.17) is 0 Å². The molecule has 0 bridgehead atoms. The van der Waals surface area contributed by atoms with E-state index in [-0.39, 0.29) is 16.3 Å². The molecule has 0 radical (unpaired) electrons. The molecular weight excluding hydrogens is 288 g/mol. The fourth-order valence-corrected chi connectivity index (χ4v) is 4.72. The Kier molecular flexibility index (Phi) is 4.73. The van der Waals surface area contributed by atoms with Gasteiger partial charge in [-0.05, 0) is 41.2 Å². The van der Waals surface area contributed by atoms with Gasteiger partial charge in [0.1, 0.15) is 0 Å². The highest BCUT2D eigenvalue weighted by molar-refractivity contribution is 7.70. The van der Waals surface area contributed by atoms with Crippen molar-refractivity contribution in [3.05, 3.63) is 18.0 Å². The first-order valence-electron chi connectivity index (χ1n) is 5.51. The van der Waals surface area contributed by atoms with Gasteiger partial charge in [-0.2, -0.15) is 0 Å². The van der Waals surface area contributed by atoms with E-state index >= 15 is 0 Å². The Hall–Kier alpha value is -0.550. The second-order valence-corrected chi connectivity index (χ2v) is 9.25. The van der Waals surface area contributed by atoms with Gasteiger partial charge in [0.05, 0.1) is 16.3 Å². The number of hydrogen-bond donors (Lipinski definition) is 2. The number of nitrogens with zero attached hydrogens (tertiary/aromatic N) is 3. The van der Waals surface area contributed by atoms with Crippen molar-refractivity contribution < 1.29 is 18.9 Å². The van der Waals surface area contributed by atoms with E-state index < -0.39 is 15.0 Å². The van der Waals surface area contributed by atoms with Crippen LogP contribution < -0.4 is 10.6 Å². The summed E-state index contributed by atoms with van der Waals surface area (Å²) >= 11 is 0. The number of aromatic nitrogens is 1. The average Bonchev–Trinajstić information content (AvgIpc) is 2.27. The van der Waals surface area contributed by atoms with Crippen molar-refractivity contribution in [2.45, 2.75) is 6.92 Å². The van der Waals surface area contributed by atoms with E-state index in [0.717, 1.165) is 9.34 Å². The molecule has 0 amide bonds. The van der Waals surface area contributed by atoms with Crippen LogP contribution in [-0.2, 0) is 9.13 Å². The van der Waals surface area contributed by atoms with Crippen LogP contribution >= 0.6 is 15.0 Å². The van der Waals surface area contributed by atoms with Crippen LogP contribution in [0.4, 0.5) is 0 Å². The first-order chi connectivity index (χ1) is 8.52. The molecule has 1 rings (SSSR count). The van der Waals surface area contributed by atoms with Crippen molar-refractivity contribution in [1.29, 1.82) is 0 Å². The molecule has 0 aliphatic carbocycles. The Morgan fingerprint density at radius 1 is 1.05 bits per heavy atom. The summed E-state index contributed by atoms with van der Waals surface area (Å²) in [5.74, 6) is 0. The number of hydrogen-bond acceptors (Lipinski definition) is 3. The smallest absolute Gasteiger partial charge is 0.301 e. The number of rotatable bonds is 4. The molecule has 2 unspecified atom stereocenters. The lowest BCUT2D eigenvalue weighted by atomic mass is 10.4. The maximum Gasteiger partial charge on any atom is 0.301 e. The summed E-state index contributed by atoms with van der Waals surface area (Å²) in [6.45, 7) is 1.54. The zero-order chi connectivity index (χ0) is 15.0. The molecule has 2 atom stereocenters. The predicted molar refractivity (Wildman–Crippen MR) is 75.3 cm³/mol. The van der Waals surface area contributed by atoms with E-state index in [1.807, 2.05) is 0 Å². The normalized spacial score (nSPS) is 18.4. The lowest BCUT2D eigenvalue weighted by molar-refractivity contribution is 0.418. The molecule has 9 heteroatoms. The quantitative estimate of drug-likeness (QED) is 0.764. The van der Waals surface area contributed by atoms with Crippen LogP contribution in [0.1, 0.15) is 5.69 Å². The third kappa shape index (κ3) is 2.97. The monoisotopic (exact) mass is 307 g/mol. The number of pyridine rings is 1. The molecule has 0 saturated carbocycles. The molecule has 1 aromatic rings. The summed E-state index contributed by atoms with van der Waals surface area (Å²) in [7, 11) is -2.04. The van der Waals surface area contributed by atoms with Gasteiger partial charge in [-0.15, -0.1) is 0 Å². The van der Waals surface area contributed by atoms with Crippen LogP contribution in [0.3, 0.4) is 0 Å². The van der Waals surface area contributed by atoms with Crippen molar-refractivity contribution in [3.63, 3.8) is 0 Å². The lowest BCUT2D eigenvalue weighted by Gasteiger charge is -2.26. The molecule has 1 aromatic heterocycles. The Morgan fingerprint density at radius 2 is 1.53 bits per heavy atom. The van der Waals surface area contributed by atoms with E-state index in [9.17, 15) is 18.9 Å². The van der Waals surface area contributed by atoms with Gasteiger partial charge in [0.25, 0.3) is 7.52 Å². The third-order valence-corrected chi connectivity index (χ3v) is 7.27. The Labute approximate surface area is 112 Å². The molecule has 0 aliphatic heterocycles. The van der Waals surface area contributed by atoms with Gasteiger partial charge in [0, 0.05) is 6.20 Å². The summed E-state index contributed by atoms with van der Waals surface area (Å²) in [5.41, 5.74) is 0.271. The van der Waals surface area contributed by atoms with Crippen LogP contribution in [0, 0.1) is 6.92 Å². The fraction of sp³-hybridized carbons (Fsp3) is 0.500. The summed E-state index contributed by atoms with van der Waals surface area (Å²) in [6.07, 6.45) is 1.36. The van der Waals surface area contributed by atoms with E-state index in [2.05, 4.69) is 4.98 Å². The summed E-state index contributed by atoms with van der Waals surface area (Å²) in [4.78, 5) is 24.2. The second kappa shape index (κ2) is 5.44. The predicted octanol–water partition coefficient (Wildman–Crippen LogP) is 0.135. The van der Waals surface area contributed by atoms with Crippen molar-refractivity contribution in [2.75, 3.05) is 28.2 Å². The van der Waals surface area contributed by atoms with Gasteiger partial charge in [-0.25, -0.2) is 9.34 Å². The van der Waals surface area contributed by atoms with Crippen LogP contribution in [-0.4, -0.2) is 52.3 Å². The number of aryl methyl sites for hydroxylation is 1. The average molecular weight is 307 g/mol. The minimum absolute atomic E-state index is 0.0514. The SMILES string of the molecule is Cc1nccc(P(=O)(O)N(C)C)c1P(=O)(O)N(C)C. The molecular formula is C10H19N3O4P2. The van der Waals surface area contributed by atoms with Crippen molar-refractivity contribution in [3.8, 4) is 0 Å². The molecule has 7 nitrogen and oxygen atoms in total. The molecule has 2 N–H and O–H groups in total. The highest BCUT2D eigenvalue weighted by Crippen LogP contribution is 2.47. The largest absolute Gasteiger partial charge is 0.330 e. The molecule has 1 heterocycles. The Bertz CT molecular complexity index is 574. The molecule has 0 fully saturated rings. The van der Waals surface area contributed by atoms with Crippen molar-refractivity contribution in [2.24, 2.45) is 0 Å². The molecule has 0 saturated heterocycles. The first-order valence-corrected chi connectivity index (χ1v) is 8.73. The highest BCUT2D eigenvalue weighted by atomic mass is 31.2. The zero-order valence-electron chi connectivity index (χ0n) is 11.6. The maximum atomic E-state index is 12.4. The molecule has 0 aliphatic rings. The lowest BCUT2D eigenvalue weighted by Crippen LogP contribution is -2.35. The van der Waals surface area contributed by atoms with Crippen LogP contribution in [0.15, 0.2) is 12.3 Å². The van der Waals surface area contributed by atoms with E-state index in [1.165, 1.54) is 40.5 Å². The van der Waals surface area contributed by atoms with Gasteiger partial charge in [-0.1, -0.05) is 0 Å². The standard InChI is InChI=1S/C10H19N3O4P2/c1-8-10(19(16,17)13(4)5)9(6-7-11-8)18(14,15)12(2)3/h6-7H,1-5H3,(H,14,15)(H,16,17). The summed E-state index contributed by atoms with van der Waals surface area (Å²) in [5, 5.41) is -0.121. The molecule has 0 aromatic carbocycles. The Balaban J connectivity index is 3.67. The van der Waals surface area contributed by atoms with Gasteiger partial charge < -0.3 is 9.79 Å². The highest BCUT2D eigenvalue weighted by Gasteiger charge is 2.37. The van der Waals surface area contributed by atoms with Crippen LogP contribution in [0.25, 0.3) is 0 Å². The zero-order valence-corrected chi connectivity index (χ0v) is 13.4. The van der Waals surface area contributed by atoms with Crippen LogP contribution in [0.2, 0.25) is 0 Å². The van der Waals surface area contributed by atoms with E-state index in [1.54, 1.807) is 6.92 Å². The van der Waals surface area contributed by atoms with Crippen molar-refractivity contribution >= 4 is 25.6 Å². The second-order valence-electron chi connectivity index (χ2n) is 4.55. The minimum atomic E-state index is -3.92. The topological polar surface area (TPSA) is 94.0 Å².